The Morgan fingerprint density at radius 2 is 1.88 bits per heavy atom. The molecule has 0 spiro atoms. The smallest absolute Gasteiger partial charge is 0.253 e. The molecule has 0 bridgehead atoms. The summed E-state index contributed by atoms with van der Waals surface area (Å²) in [6.45, 7) is 6.79. The number of ether oxygens (including phenoxy) is 1. The summed E-state index contributed by atoms with van der Waals surface area (Å²) >= 11 is 0. The molecule has 1 N–H and O–H groups in total. The van der Waals surface area contributed by atoms with Crippen LogP contribution in [0.15, 0.2) is 53.2 Å². The van der Waals surface area contributed by atoms with Crippen molar-refractivity contribution in [3.63, 3.8) is 0 Å². The van der Waals surface area contributed by atoms with Gasteiger partial charge in [-0.2, -0.15) is 15.2 Å². The van der Waals surface area contributed by atoms with Crippen molar-refractivity contribution in [3.8, 4) is 28.5 Å². The van der Waals surface area contributed by atoms with E-state index in [2.05, 4.69) is 45.3 Å². The van der Waals surface area contributed by atoms with Crippen LogP contribution >= 0.6 is 0 Å². The lowest BCUT2D eigenvalue weighted by molar-refractivity contribution is 0.122. The fourth-order valence-electron chi connectivity index (χ4n) is 4.07. The summed E-state index contributed by atoms with van der Waals surface area (Å²) in [5.74, 6) is 1.88. The van der Waals surface area contributed by atoms with E-state index in [0.717, 1.165) is 41.4 Å². The molecule has 1 aliphatic rings. The number of aromatic nitrogens is 6. The van der Waals surface area contributed by atoms with Crippen molar-refractivity contribution < 1.29 is 9.15 Å². The second kappa shape index (κ2) is 7.86. The molecule has 0 radical (unpaired) electrons. The van der Waals surface area contributed by atoms with Gasteiger partial charge in [-0.3, -0.25) is 5.10 Å². The van der Waals surface area contributed by atoms with Crippen molar-refractivity contribution in [1.29, 1.82) is 0 Å². The quantitative estimate of drug-likeness (QED) is 0.451. The van der Waals surface area contributed by atoms with Gasteiger partial charge in [0.25, 0.3) is 5.95 Å². The van der Waals surface area contributed by atoms with Gasteiger partial charge in [0.05, 0.1) is 19.4 Å². The molecule has 0 atom stereocenters. The van der Waals surface area contributed by atoms with Gasteiger partial charge >= 0.3 is 0 Å². The normalized spacial score (nSPS) is 14.3. The van der Waals surface area contributed by atoms with Crippen LogP contribution in [0.5, 0.6) is 0 Å². The topological polar surface area (TPSA) is 97.9 Å². The Hall–Kier alpha value is -3.98. The third-order valence-electron chi connectivity index (χ3n) is 5.75. The molecule has 0 aliphatic carbocycles. The first-order chi connectivity index (χ1) is 16.1. The van der Waals surface area contributed by atoms with E-state index in [1.165, 1.54) is 5.56 Å². The minimum absolute atomic E-state index is 0.494. The number of furan rings is 1. The summed E-state index contributed by atoms with van der Waals surface area (Å²) in [6, 6.07) is 12.2. The van der Waals surface area contributed by atoms with Crippen LogP contribution in [0.4, 0.5) is 5.82 Å². The van der Waals surface area contributed by atoms with Gasteiger partial charge in [-0.1, -0.05) is 29.8 Å². The Balaban J connectivity index is 1.47. The third-order valence-corrected chi connectivity index (χ3v) is 5.75. The van der Waals surface area contributed by atoms with Gasteiger partial charge in [0.2, 0.25) is 0 Å². The largest absolute Gasteiger partial charge is 0.449 e. The van der Waals surface area contributed by atoms with Crippen LogP contribution in [0.1, 0.15) is 11.3 Å². The van der Waals surface area contributed by atoms with Crippen LogP contribution < -0.4 is 4.90 Å². The summed E-state index contributed by atoms with van der Waals surface area (Å²) in [5.41, 5.74) is 6.37. The molecular weight excluding hydrogens is 418 g/mol. The zero-order valence-corrected chi connectivity index (χ0v) is 18.4. The SMILES string of the molecule is Cc1cccc(-c2cnn(-c3nc(N4CCOCC4)c4oc(-c5cc(C)[nH]n5)cc4n3)c2)c1. The predicted molar refractivity (Wildman–Crippen MR) is 124 cm³/mol. The Morgan fingerprint density at radius 1 is 1.00 bits per heavy atom. The highest BCUT2D eigenvalue weighted by atomic mass is 16.5. The fourth-order valence-corrected chi connectivity index (χ4v) is 4.07. The number of hydrogen-bond donors (Lipinski definition) is 1. The molecule has 5 aromatic rings. The van der Waals surface area contributed by atoms with Gasteiger partial charge < -0.3 is 14.1 Å². The maximum absolute atomic E-state index is 6.21. The van der Waals surface area contributed by atoms with Crippen LogP contribution in [-0.4, -0.2) is 56.2 Å². The first kappa shape index (κ1) is 19.7. The minimum Gasteiger partial charge on any atom is -0.449 e. The predicted octanol–water partition coefficient (Wildman–Crippen LogP) is 3.92. The average molecular weight is 441 g/mol. The fraction of sp³-hybridized carbons (Fsp3) is 0.250. The third kappa shape index (κ3) is 3.66. The van der Waals surface area contributed by atoms with E-state index < -0.39 is 0 Å². The first-order valence-corrected chi connectivity index (χ1v) is 10.9. The molecule has 4 aromatic heterocycles. The van der Waals surface area contributed by atoms with Gasteiger partial charge in [0.1, 0.15) is 11.2 Å². The number of anilines is 1. The average Bonchev–Trinajstić information content (AvgIpc) is 3.58. The van der Waals surface area contributed by atoms with Crippen LogP contribution in [0.3, 0.4) is 0 Å². The second-order valence-corrected chi connectivity index (χ2v) is 8.25. The summed E-state index contributed by atoms with van der Waals surface area (Å²) in [6.07, 6.45) is 3.79. The molecule has 166 valence electrons. The van der Waals surface area contributed by atoms with Gasteiger partial charge in [0.15, 0.2) is 17.2 Å². The zero-order valence-electron chi connectivity index (χ0n) is 18.4. The minimum atomic E-state index is 0.494. The van der Waals surface area contributed by atoms with Crippen LogP contribution in [-0.2, 0) is 4.74 Å². The number of aryl methyl sites for hydroxylation is 2. The number of aromatic amines is 1. The van der Waals surface area contributed by atoms with Gasteiger partial charge in [-0.25, -0.2) is 9.67 Å². The van der Waals surface area contributed by atoms with Gasteiger partial charge in [-0.15, -0.1) is 0 Å². The molecule has 6 rings (SSSR count). The van der Waals surface area contributed by atoms with Crippen LogP contribution in [0.2, 0.25) is 0 Å². The van der Waals surface area contributed by atoms with Crippen LogP contribution in [0, 0.1) is 13.8 Å². The Morgan fingerprint density at radius 3 is 2.67 bits per heavy atom. The number of benzene rings is 1. The molecule has 9 nitrogen and oxygen atoms in total. The van der Waals surface area contributed by atoms with E-state index in [9.17, 15) is 0 Å². The second-order valence-electron chi connectivity index (χ2n) is 8.25. The van der Waals surface area contributed by atoms with Crippen molar-refractivity contribution in [2.75, 3.05) is 31.2 Å². The Kier molecular flexibility index (Phi) is 4.69. The molecule has 0 unspecified atom stereocenters. The van der Waals surface area contributed by atoms with Crippen LogP contribution in [0.25, 0.3) is 39.6 Å². The zero-order chi connectivity index (χ0) is 22.4. The number of nitrogens with one attached hydrogen (secondary N) is 1. The van der Waals surface area contributed by atoms with Crippen molar-refractivity contribution >= 4 is 16.9 Å². The Bertz CT molecular complexity index is 1440. The number of nitrogens with zero attached hydrogens (tertiary/aromatic N) is 6. The highest BCUT2D eigenvalue weighted by Crippen LogP contribution is 2.33. The molecule has 1 fully saturated rings. The maximum Gasteiger partial charge on any atom is 0.253 e. The number of rotatable bonds is 4. The molecule has 0 saturated carbocycles. The van der Waals surface area contributed by atoms with Gasteiger partial charge in [-0.05, 0) is 25.5 Å². The molecule has 9 heteroatoms. The molecule has 0 amide bonds. The molecule has 1 aliphatic heterocycles. The van der Waals surface area contributed by atoms with Crippen molar-refractivity contribution in [3.05, 3.63) is 60.0 Å². The summed E-state index contributed by atoms with van der Waals surface area (Å²) in [7, 11) is 0. The lowest BCUT2D eigenvalue weighted by atomic mass is 10.1. The standard InChI is InChI=1S/C24H23N7O2/c1-15-4-3-5-17(10-15)18-13-25-31(14-18)24-26-20-12-21(19-11-16(2)28-29-19)33-22(20)23(27-24)30-6-8-32-9-7-30/h3-5,10-14H,6-9H2,1-2H3,(H,28,29). The highest BCUT2D eigenvalue weighted by Gasteiger charge is 2.23. The van der Waals surface area contributed by atoms with Crippen molar-refractivity contribution in [1.82, 2.24) is 29.9 Å². The lowest BCUT2D eigenvalue weighted by Crippen LogP contribution is -2.37. The van der Waals surface area contributed by atoms with E-state index in [1.54, 1.807) is 4.68 Å². The molecular formula is C24H23N7O2. The Labute approximate surface area is 190 Å². The molecule has 33 heavy (non-hydrogen) atoms. The summed E-state index contributed by atoms with van der Waals surface area (Å²) in [4.78, 5) is 11.8. The maximum atomic E-state index is 6.21. The molecule has 1 aromatic carbocycles. The monoisotopic (exact) mass is 441 g/mol. The van der Waals surface area contributed by atoms with E-state index in [0.29, 0.717) is 36.0 Å². The first-order valence-electron chi connectivity index (χ1n) is 10.9. The number of fused-ring (bicyclic) bond motifs is 1. The van der Waals surface area contributed by atoms with Crippen molar-refractivity contribution in [2.45, 2.75) is 13.8 Å². The van der Waals surface area contributed by atoms with Gasteiger partial charge in [0, 0.05) is 36.6 Å². The number of morpholine rings is 1. The van der Waals surface area contributed by atoms with E-state index in [1.807, 2.05) is 37.5 Å². The number of H-pyrrole nitrogens is 1. The molecule has 5 heterocycles. The molecule has 1 saturated heterocycles. The highest BCUT2D eigenvalue weighted by molar-refractivity contribution is 5.88. The summed E-state index contributed by atoms with van der Waals surface area (Å²) in [5, 5.41) is 11.8. The number of hydrogen-bond acceptors (Lipinski definition) is 7. The van der Waals surface area contributed by atoms with E-state index in [4.69, 9.17) is 19.1 Å². The van der Waals surface area contributed by atoms with E-state index >= 15 is 0 Å². The van der Waals surface area contributed by atoms with Crippen molar-refractivity contribution in [2.24, 2.45) is 0 Å². The van der Waals surface area contributed by atoms with E-state index in [-0.39, 0.29) is 0 Å². The summed E-state index contributed by atoms with van der Waals surface area (Å²) < 4.78 is 13.5. The lowest BCUT2D eigenvalue weighted by Gasteiger charge is -2.27.